The maximum atomic E-state index is 4.41. The molecule has 0 N–H and O–H groups in total. The summed E-state index contributed by atoms with van der Waals surface area (Å²) in [6.45, 7) is 0.688. The summed E-state index contributed by atoms with van der Waals surface area (Å²) in [5.74, 6) is 0.921. The fourth-order valence-corrected chi connectivity index (χ4v) is 2.82. The standard InChI is InChI=1S/C13H10N6S/c1-2-10(19-12(3-1)16-8-17-19)7-18-5-4-15-13(18)11-6-14-9-20-11/h1-6,8-9H,7H2. The van der Waals surface area contributed by atoms with Crippen LogP contribution in [0.25, 0.3) is 16.3 Å². The normalized spacial score (nSPS) is 11.2. The van der Waals surface area contributed by atoms with Crippen LogP contribution in [0.5, 0.6) is 0 Å². The Bertz CT molecular complexity index is 845. The molecule has 20 heavy (non-hydrogen) atoms. The molecule has 0 radical (unpaired) electrons. The average molecular weight is 282 g/mol. The van der Waals surface area contributed by atoms with Crippen LogP contribution in [0.1, 0.15) is 5.69 Å². The largest absolute Gasteiger partial charge is 0.324 e. The number of aromatic nitrogens is 6. The third kappa shape index (κ3) is 1.79. The zero-order valence-corrected chi connectivity index (χ0v) is 11.2. The molecule has 4 aromatic rings. The topological polar surface area (TPSA) is 60.9 Å². The van der Waals surface area contributed by atoms with E-state index in [1.807, 2.05) is 40.6 Å². The summed E-state index contributed by atoms with van der Waals surface area (Å²) in [4.78, 5) is 13.8. The molecule has 0 bridgehead atoms. The lowest BCUT2D eigenvalue weighted by Crippen LogP contribution is -2.06. The van der Waals surface area contributed by atoms with E-state index in [9.17, 15) is 0 Å². The van der Waals surface area contributed by atoms with Gasteiger partial charge in [0.1, 0.15) is 6.33 Å². The van der Waals surface area contributed by atoms with E-state index in [0.29, 0.717) is 6.54 Å². The molecule has 4 aromatic heterocycles. The van der Waals surface area contributed by atoms with Crippen molar-refractivity contribution >= 4 is 17.0 Å². The fraction of sp³-hybridized carbons (Fsp3) is 0.0769. The van der Waals surface area contributed by atoms with Gasteiger partial charge in [-0.1, -0.05) is 6.07 Å². The van der Waals surface area contributed by atoms with Crippen LogP contribution < -0.4 is 0 Å². The predicted molar refractivity (Wildman–Crippen MR) is 75.4 cm³/mol. The first-order chi connectivity index (χ1) is 9.92. The van der Waals surface area contributed by atoms with Crippen molar-refractivity contribution in [3.05, 3.63) is 54.3 Å². The minimum atomic E-state index is 0.688. The molecule has 0 saturated heterocycles. The van der Waals surface area contributed by atoms with Gasteiger partial charge in [-0.2, -0.15) is 5.10 Å². The van der Waals surface area contributed by atoms with Crippen LogP contribution in [-0.4, -0.2) is 29.1 Å². The van der Waals surface area contributed by atoms with Gasteiger partial charge in [-0.15, -0.1) is 11.3 Å². The van der Waals surface area contributed by atoms with Gasteiger partial charge in [0.05, 0.1) is 22.6 Å². The highest BCUT2D eigenvalue weighted by Gasteiger charge is 2.09. The van der Waals surface area contributed by atoms with E-state index in [-0.39, 0.29) is 0 Å². The van der Waals surface area contributed by atoms with E-state index in [4.69, 9.17) is 0 Å². The molecule has 0 aliphatic rings. The van der Waals surface area contributed by atoms with Gasteiger partial charge in [0.25, 0.3) is 0 Å². The van der Waals surface area contributed by atoms with Gasteiger partial charge >= 0.3 is 0 Å². The van der Waals surface area contributed by atoms with Crippen LogP contribution in [0, 0.1) is 0 Å². The molecule has 4 heterocycles. The number of hydrogen-bond acceptors (Lipinski definition) is 5. The van der Waals surface area contributed by atoms with Crippen LogP contribution in [0.4, 0.5) is 0 Å². The molecule has 0 aromatic carbocycles. The highest BCUT2D eigenvalue weighted by molar-refractivity contribution is 7.13. The number of thiazole rings is 1. The molecule has 0 fully saturated rings. The lowest BCUT2D eigenvalue weighted by molar-refractivity contribution is 0.741. The summed E-state index contributed by atoms with van der Waals surface area (Å²) in [7, 11) is 0. The molecule has 0 unspecified atom stereocenters. The first-order valence-electron chi connectivity index (χ1n) is 6.09. The van der Waals surface area contributed by atoms with E-state index >= 15 is 0 Å². The molecule has 0 atom stereocenters. The molecular formula is C13H10N6S. The number of pyridine rings is 1. The lowest BCUT2D eigenvalue weighted by Gasteiger charge is -2.07. The van der Waals surface area contributed by atoms with E-state index < -0.39 is 0 Å². The monoisotopic (exact) mass is 282 g/mol. The summed E-state index contributed by atoms with van der Waals surface area (Å²) in [6, 6.07) is 5.97. The summed E-state index contributed by atoms with van der Waals surface area (Å²) in [6.07, 6.45) is 7.16. The lowest BCUT2D eigenvalue weighted by atomic mass is 10.3. The minimum absolute atomic E-state index is 0.688. The first-order valence-corrected chi connectivity index (χ1v) is 6.97. The summed E-state index contributed by atoms with van der Waals surface area (Å²) < 4.78 is 3.93. The molecule has 0 aliphatic heterocycles. The van der Waals surface area contributed by atoms with E-state index in [2.05, 4.69) is 24.6 Å². The van der Waals surface area contributed by atoms with Crippen LogP contribution >= 0.6 is 11.3 Å². The highest BCUT2D eigenvalue weighted by atomic mass is 32.1. The summed E-state index contributed by atoms with van der Waals surface area (Å²) >= 11 is 1.58. The zero-order valence-electron chi connectivity index (χ0n) is 10.4. The molecule has 0 amide bonds. The van der Waals surface area contributed by atoms with Gasteiger partial charge in [0.15, 0.2) is 11.5 Å². The van der Waals surface area contributed by atoms with Crippen molar-refractivity contribution in [2.75, 3.05) is 0 Å². The molecule has 98 valence electrons. The van der Waals surface area contributed by atoms with Gasteiger partial charge in [0, 0.05) is 18.6 Å². The molecule has 0 saturated carbocycles. The van der Waals surface area contributed by atoms with Gasteiger partial charge in [0.2, 0.25) is 0 Å². The molecule has 0 aliphatic carbocycles. The van der Waals surface area contributed by atoms with Gasteiger partial charge in [-0.25, -0.2) is 14.5 Å². The Morgan fingerprint density at radius 3 is 3.10 bits per heavy atom. The summed E-state index contributed by atoms with van der Waals surface area (Å²) in [5, 5.41) is 4.25. The van der Waals surface area contributed by atoms with Gasteiger partial charge < -0.3 is 4.57 Å². The second kappa shape index (κ2) is 4.53. The SMILES string of the molecule is c1cc(Cn2ccnc2-c2cncs2)n2ncnc2c1. The number of nitrogens with zero attached hydrogens (tertiary/aromatic N) is 6. The number of rotatable bonds is 3. The van der Waals surface area contributed by atoms with Crippen molar-refractivity contribution in [2.24, 2.45) is 0 Å². The maximum absolute atomic E-state index is 4.41. The second-order valence-corrected chi connectivity index (χ2v) is 5.18. The number of imidazole rings is 1. The van der Waals surface area contributed by atoms with Crippen molar-refractivity contribution in [1.82, 2.24) is 29.1 Å². The Morgan fingerprint density at radius 2 is 2.20 bits per heavy atom. The second-order valence-electron chi connectivity index (χ2n) is 4.29. The Morgan fingerprint density at radius 1 is 1.20 bits per heavy atom. The van der Waals surface area contributed by atoms with E-state index in [1.54, 1.807) is 23.9 Å². The number of hydrogen-bond donors (Lipinski definition) is 0. The van der Waals surface area contributed by atoms with Crippen molar-refractivity contribution in [1.29, 1.82) is 0 Å². The van der Waals surface area contributed by atoms with Gasteiger partial charge in [-0.05, 0) is 12.1 Å². The third-order valence-corrected chi connectivity index (χ3v) is 3.85. The Balaban J connectivity index is 1.77. The molecule has 0 spiro atoms. The molecule has 4 rings (SSSR count). The zero-order chi connectivity index (χ0) is 13.4. The van der Waals surface area contributed by atoms with E-state index in [0.717, 1.165) is 22.0 Å². The third-order valence-electron chi connectivity index (χ3n) is 3.08. The predicted octanol–water partition coefficient (Wildman–Crippen LogP) is 2.10. The molecule has 6 nitrogen and oxygen atoms in total. The average Bonchev–Trinajstić information content (AvgIpc) is 3.20. The van der Waals surface area contributed by atoms with Gasteiger partial charge in [-0.3, -0.25) is 4.98 Å². The fourth-order valence-electron chi connectivity index (χ4n) is 2.18. The molecular weight excluding hydrogens is 272 g/mol. The Hall–Kier alpha value is -2.54. The Labute approximate surface area is 118 Å². The van der Waals surface area contributed by atoms with Crippen LogP contribution in [-0.2, 0) is 6.54 Å². The highest BCUT2D eigenvalue weighted by Crippen LogP contribution is 2.22. The Kier molecular flexibility index (Phi) is 2.56. The van der Waals surface area contributed by atoms with Crippen molar-refractivity contribution in [2.45, 2.75) is 6.54 Å². The number of fused-ring (bicyclic) bond motifs is 1. The van der Waals surface area contributed by atoms with Crippen molar-refractivity contribution < 1.29 is 0 Å². The first kappa shape index (κ1) is 11.3. The van der Waals surface area contributed by atoms with Crippen LogP contribution in [0.2, 0.25) is 0 Å². The van der Waals surface area contributed by atoms with E-state index in [1.165, 1.54) is 0 Å². The van der Waals surface area contributed by atoms with Crippen LogP contribution in [0.3, 0.4) is 0 Å². The van der Waals surface area contributed by atoms with Crippen molar-refractivity contribution in [3.8, 4) is 10.7 Å². The molecule has 7 heteroatoms. The van der Waals surface area contributed by atoms with Crippen LogP contribution in [0.15, 0.2) is 48.6 Å². The smallest absolute Gasteiger partial charge is 0.155 e. The minimum Gasteiger partial charge on any atom is -0.324 e. The summed E-state index contributed by atoms with van der Waals surface area (Å²) in [5.41, 5.74) is 3.72. The maximum Gasteiger partial charge on any atom is 0.155 e. The van der Waals surface area contributed by atoms with Crippen molar-refractivity contribution in [3.63, 3.8) is 0 Å². The quantitative estimate of drug-likeness (QED) is 0.577.